The Morgan fingerprint density at radius 3 is 2.79 bits per heavy atom. The van der Waals surface area contributed by atoms with Crippen LogP contribution in [0.5, 0.6) is 0 Å². The maximum atomic E-state index is 12.9. The molecule has 1 amide bonds. The average Bonchev–Trinajstić information content (AvgIpc) is 3.32. The minimum Gasteiger partial charge on any atom is -0.336 e. The van der Waals surface area contributed by atoms with Gasteiger partial charge in [0.05, 0.1) is 12.7 Å². The van der Waals surface area contributed by atoms with E-state index in [-0.39, 0.29) is 5.91 Å². The third kappa shape index (κ3) is 4.48. The van der Waals surface area contributed by atoms with Crippen LogP contribution < -0.4 is 0 Å². The van der Waals surface area contributed by atoms with Crippen molar-refractivity contribution in [2.45, 2.75) is 26.4 Å². The molecule has 1 aliphatic rings. The molecule has 0 unspecified atom stereocenters. The van der Waals surface area contributed by atoms with E-state index in [0.717, 1.165) is 39.1 Å². The van der Waals surface area contributed by atoms with Crippen LogP contribution in [0.1, 0.15) is 32.9 Å². The molecule has 3 aromatic rings. The van der Waals surface area contributed by atoms with Crippen LogP contribution in [0.15, 0.2) is 48.0 Å². The van der Waals surface area contributed by atoms with E-state index in [4.69, 9.17) is 0 Å². The number of hydrogen-bond acceptors (Lipinski definition) is 5. The number of nitrogens with zero attached hydrogens (tertiary/aromatic N) is 5. The molecule has 0 bridgehead atoms. The third-order valence-corrected chi connectivity index (χ3v) is 6.05. The zero-order valence-electron chi connectivity index (χ0n) is 16.1. The highest BCUT2D eigenvalue weighted by atomic mass is 32.1. The first-order valence-electron chi connectivity index (χ1n) is 9.68. The van der Waals surface area contributed by atoms with Crippen LogP contribution in [-0.2, 0) is 13.1 Å². The van der Waals surface area contributed by atoms with Crippen molar-refractivity contribution in [1.82, 2.24) is 24.8 Å². The molecule has 1 aromatic carbocycles. The molecule has 2 aromatic heterocycles. The molecule has 1 fully saturated rings. The molecule has 1 aliphatic heterocycles. The number of aromatic nitrogens is 3. The van der Waals surface area contributed by atoms with Crippen molar-refractivity contribution >= 4 is 17.2 Å². The smallest absolute Gasteiger partial charge is 0.276 e. The van der Waals surface area contributed by atoms with Gasteiger partial charge in [-0.05, 0) is 35.9 Å². The lowest BCUT2D eigenvalue weighted by molar-refractivity contribution is 0.0755. The number of hydrogen-bond donors (Lipinski definition) is 0. The van der Waals surface area contributed by atoms with Crippen molar-refractivity contribution in [1.29, 1.82) is 0 Å². The largest absolute Gasteiger partial charge is 0.336 e. The topological polar surface area (TPSA) is 54.3 Å². The molecule has 0 spiro atoms. The van der Waals surface area contributed by atoms with Gasteiger partial charge in [0.2, 0.25) is 0 Å². The van der Waals surface area contributed by atoms with Gasteiger partial charge in [0.25, 0.3) is 5.91 Å². The normalized spacial score (nSPS) is 15.5. The van der Waals surface area contributed by atoms with Crippen LogP contribution in [0.4, 0.5) is 0 Å². The fraction of sp³-hybridized carbons (Fsp3) is 0.381. The molecule has 0 atom stereocenters. The Morgan fingerprint density at radius 1 is 1.07 bits per heavy atom. The summed E-state index contributed by atoms with van der Waals surface area (Å²) in [5.41, 5.74) is 2.83. The number of amides is 1. The number of carbonyl (C=O) groups is 1. The number of carbonyl (C=O) groups excluding carboxylic acids is 1. The van der Waals surface area contributed by atoms with Crippen molar-refractivity contribution in [2.24, 2.45) is 0 Å². The lowest BCUT2D eigenvalue weighted by Crippen LogP contribution is -2.35. The fourth-order valence-electron chi connectivity index (χ4n) is 3.55. The molecule has 28 heavy (non-hydrogen) atoms. The molecule has 7 heteroatoms. The molecule has 0 N–H and O–H groups in total. The predicted molar refractivity (Wildman–Crippen MR) is 110 cm³/mol. The Hall–Kier alpha value is -2.51. The van der Waals surface area contributed by atoms with Crippen LogP contribution >= 0.6 is 11.3 Å². The Kier molecular flexibility index (Phi) is 5.83. The summed E-state index contributed by atoms with van der Waals surface area (Å²) >= 11 is 1.79. The van der Waals surface area contributed by atoms with Crippen molar-refractivity contribution in [3.63, 3.8) is 0 Å². The Bertz CT molecular complexity index is 921. The minimum absolute atomic E-state index is 0.0194. The van der Waals surface area contributed by atoms with Gasteiger partial charge < -0.3 is 4.90 Å². The average molecular weight is 396 g/mol. The molecule has 146 valence electrons. The van der Waals surface area contributed by atoms with Gasteiger partial charge in [-0.25, -0.2) is 4.68 Å². The van der Waals surface area contributed by atoms with Crippen LogP contribution in [0.25, 0.3) is 0 Å². The zero-order valence-corrected chi connectivity index (χ0v) is 16.9. The highest BCUT2D eigenvalue weighted by molar-refractivity contribution is 7.09. The van der Waals surface area contributed by atoms with E-state index in [2.05, 4.69) is 51.8 Å². The second kappa shape index (κ2) is 8.67. The molecule has 0 aliphatic carbocycles. The lowest BCUT2D eigenvalue weighted by Gasteiger charge is -2.20. The Balaban J connectivity index is 1.36. The van der Waals surface area contributed by atoms with Crippen LogP contribution in [0.3, 0.4) is 0 Å². The van der Waals surface area contributed by atoms with Crippen molar-refractivity contribution < 1.29 is 4.79 Å². The summed E-state index contributed by atoms with van der Waals surface area (Å²) in [6.45, 7) is 7.08. The van der Waals surface area contributed by atoms with Crippen molar-refractivity contribution in [2.75, 3.05) is 26.2 Å². The second-order valence-electron chi connectivity index (χ2n) is 7.23. The van der Waals surface area contributed by atoms with Crippen LogP contribution in [0, 0.1) is 6.92 Å². The van der Waals surface area contributed by atoms with Gasteiger partial charge in [-0.15, -0.1) is 16.4 Å². The monoisotopic (exact) mass is 395 g/mol. The van der Waals surface area contributed by atoms with Gasteiger partial charge in [0.15, 0.2) is 5.69 Å². The number of rotatable bonds is 5. The van der Waals surface area contributed by atoms with E-state index >= 15 is 0 Å². The van der Waals surface area contributed by atoms with Crippen LogP contribution in [0.2, 0.25) is 0 Å². The highest BCUT2D eigenvalue weighted by Crippen LogP contribution is 2.15. The molecular weight excluding hydrogens is 370 g/mol. The van der Waals surface area contributed by atoms with E-state index in [1.54, 1.807) is 22.2 Å². The summed E-state index contributed by atoms with van der Waals surface area (Å²) in [5.74, 6) is -0.0194. The molecule has 6 nitrogen and oxygen atoms in total. The van der Waals surface area contributed by atoms with Gasteiger partial charge in [0, 0.05) is 37.6 Å². The summed E-state index contributed by atoms with van der Waals surface area (Å²) in [6, 6.07) is 12.5. The van der Waals surface area contributed by atoms with Crippen molar-refractivity contribution in [3.8, 4) is 0 Å². The molecule has 3 heterocycles. The quantitative estimate of drug-likeness (QED) is 0.666. The lowest BCUT2D eigenvalue weighted by atomic mass is 10.1. The van der Waals surface area contributed by atoms with Gasteiger partial charge in [0.1, 0.15) is 0 Å². The highest BCUT2D eigenvalue weighted by Gasteiger charge is 2.22. The van der Waals surface area contributed by atoms with E-state index in [1.807, 2.05) is 17.0 Å². The summed E-state index contributed by atoms with van der Waals surface area (Å²) in [4.78, 5) is 18.6. The Morgan fingerprint density at radius 2 is 1.96 bits per heavy atom. The minimum atomic E-state index is -0.0194. The molecular formula is C21H25N5OS. The van der Waals surface area contributed by atoms with Crippen molar-refractivity contribution in [3.05, 3.63) is 69.7 Å². The maximum Gasteiger partial charge on any atom is 0.276 e. The molecule has 0 saturated carbocycles. The van der Waals surface area contributed by atoms with Gasteiger partial charge in [-0.3, -0.25) is 9.69 Å². The number of aryl methyl sites for hydroxylation is 1. The van der Waals surface area contributed by atoms with E-state index in [0.29, 0.717) is 12.2 Å². The molecule has 1 saturated heterocycles. The first-order chi connectivity index (χ1) is 13.7. The SMILES string of the molecule is Cc1ccccc1Cn1cc(C(=O)N2CCCN(Cc3cccs3)CC2)nn1. The summed E-state index contributed by atoms with van der Waals surface area (Å²) < 4.78 is 1.75. The third-order valence-electron chi connectivity index (χ3n) is 5.19. The summed E-state index contributed by atoms with van der Waals surface area (Å²) in [7, 11) is 0. The second-order valence-corrected chi connectivity index (χ2v) is 8.26. The van der Waals surface area contributed by atoms with Gasteiger partial charge in [-0.1, -0.05) is 35.5 Å². The zero-order chi connectivity index (χ0) is 19.3. The Labute approximate surface area is 169 Å². The predicted octanol–water partition coefficient (Wildman–Crippen LogP) is 3.04. The van der Waals surface area contributed by atoms with E-state index < -0.39 is 0 Å². The first-order valence-corrected chi connectivity index (χ1v) is 10.6. The van der Waals surface area contributed by atoms with Gasteiger partial charge in [-0.2, -0.15) is 0 Å². The van der Waals surface area contributed by atoms with Crippen LogP contribution in [-0.4, -0.2) is 56.9 Å². The molecule has 0 radical (unpaired) electrons. The fourth-order valence-corrected chi connectivity index (χ4v) is 4.30. The standard InChI is InChI=1S/C21H25N5OS/c1-17-6-2-3-7-18(17)14-26-16-20(22-23-26)21(27)25-10-5-9-24(11-12-25)15-19-8-4-13-28-19/h2-4,6-8,13,16H,5,9-12,14-15H2,1H3. The number of benzene rings is 1. The molecule has 4 rings (SSSR count). The van der Waals surface area contributed by atoms with Gasteiger partial charge >= 0.3 is 0 Å². The maximum absolute atomic E-state index is 12.9. The first kappa shape index (κ1) is 18.8. The number of thiophene rings is 1. The van der Waals surface area contributed by atoms with E-state index in [9.17, 15) is 4.79 Å². The van der Waals surface area contributed by atoms with E-state index in [1.165, 1.54) is 16.0 Å². The summed E-state index contributed by atoms with van der Waals surface area (Å²) in [6.07, 6.45) is 2.75. The summed E-state index contributed by atoms with van der Waals surface area (Å²) in [5, 5.41) is 10.4.